The fraction of sp³-hybridized carbons (Fsp3) is 0.667. The second kappa shape index (κ2) is 9.02. The normalized spacial score (nSPS) is 26.0. The monoisotopic (exact) mass is 422 g/mol. The van der Waals surface area contributed by atoms with Crippen molar-refractivity contribution in [3.05, 3.63) is 24.3 Å². The van der Waals surface area contributed by atoms with Crippen molar-refractivity contribution in [1.29, 1.82) is 0 Å². The molecule has 1 aliphatic carbocycles. The predicted octanol–water partition coefficient (Wildman–Crippen LogP) is 2.27. The quantitative estimate of drug-likeness (QED) is 0.728. The van der Waals surface area contributed by atoms with E-state index in [1.54, 1.807) is 24.3 Å². The van der Waals surface area contributed by atoms with Gasteiger partial charge in [-0.15, -0.1) is 0 Å². The largest absolute Gasteiger partial charge is 0.484 e. The standard InChI is InChI=1S/C21H30N2O5S/c24-21(23-11-3-5-17-4-1-2-6-20(17)23)16-28-18-7-9-19(10-8-18)29(25,26)22-12-14-27-15-13-22/h7-10,17,20H,1-6,11-16H2/t17-,20-/m1/s1. The van der Waals surface area contributed by atoms with E-state index >= 15 is 0 Å². The Kier molecular flexibility index (Phi) is 6.41. The minimum absolute atomic E-state index is 0.00121. The molecule has 1 aromatic rings. The highest BCUT2D eigenvalue weighted by molar-refractivity contribution is 7.89. The van der Waals surface area contributed by atoms with Crippen LogP contribution in [-0.2, 0) is 19.6 Å². The topological polar surface area (TPSA) is 76.2 Å². The van der Waals surface area contributed by atoms with Crippen molar-refractivity contribution in [2.24, 2.45) is 5.92 Å². The zero-order valence-corrected chi connectivity index (χ0v) is 17.6. The number of fused-ring (bicyclic) bond motifs is 1. The van der Waals surface area contributed by atoms with Crippen LogP contribution in [0.3, 0.4) is 0 Å². The van der Waals surface area contributed by atoms with Crippen LogP contribution in [0.25, 0.3) is 0 Å². The number of benzene rings is 1. The number of piperidine rings is 1. The molecule has 2 atom stereocenters. The van der Waals surface area contributed by atoms with Crippen molar-refractivity contribution in [2.75, 3.05) is 39.5 Å². The van der Waals surface area contributed by atoms with Gasteiger partial charge in [-0.05, 0) is 55.9 Å². The van der Waals surface area contributed by atoms with Crippen LogP contribution in [0.15, 0.2) is 29.2 Å². The number of morpholine rings is 1. The molecule has 7 nitrogen and oxygen atoms in total. The van der Waals surface area contributed by atoms with E-state index in [4.69, 9.17) is 9.47 Å². The third-order valence-corrected chi connectivity index (χ3v) is 8.27. The van der Waals surface area contributed by atoms with Gasteiger partial charge in [0.05, 0.1) is 18.1 Å². The van der Waals surface area contributed by atoms with Gasteiger partial charge >= 0.3 is 0 Å². The lowest BCUT2D eigenvalue weighted by atomic mass is 9.78. The minimum atomic E-state index is -3.52. The van der Waals surface area contributed by atoms with E-state index in [1.807, 2.05) is 4.90 Å². The molecule has 29 heavy (non-hydrogen) atoms. The number of amides is 1. The summed E-state index contributed by atoms with van der Waals surface area (Å²) < 4.78 is 37.7. The van der Waals surface area contributed by atoms with E-state index < -0.39 is 10.0 Å². The molecule has 0 radical (unpaired) electrons. The van der Waals surface area contributed by atoms with Gasteiger partial charge in [-0.2, -0.15) is 4.31 Å². The first kappa shape index (κ1) is 20.6. The van der Waals surface area contributed by atoms with Crippen LogP contribution in [0.5, 0.6) is 5.75 Å². The summed E-state index contributed by atoms with van der Waals surface area (Å²) in [6, 6.07) is 6.71. The average molecular weight is 423 g/mol. The van der Waals surface area contributed by atoms with Gasteiger partial charge in [0, 0.05) is 25.7 Å². The van der Waals surface area contributed by atoms with Gasteiger partial charge in [0.2, 0.25) is 10.0 Å². The highest BCUT2D eigenvalue weighted by Gasteiger charge is 2.35. The van der Waals surface area contributed by atoms with Crippen LogP contribution in [0, 0.1) is 5.92 Å². The first-order chi connectivity index (χ1) is 14.1. The van der Waals surface area contributed by atoms with Gasteiger partial charge in [0.1, 0.15) is 5.75 Å². The summed E-state index contributed by atoms with van der Waals surface area (Å²) in [5.74, 6) is 1.19. The van der Waals surface area contributed by atoms with Crippen molar-refractivity contribution in [3.63, 3.8) is 0 Å². The van der Waals surface area contributed by atoms with E-state index in [1.165, 1.54) is 30.0 Å². The zero-order valence-electron chi connectivity index (χ0n) is 16.8. The van der Waals surface area contributed by atoms with E-state index in [0.717, 1.165) is 19.4 Å². The number of hydrogen-bond acceptors (Lipinski definition) is 5. The first-order valence-corrected chi connectivity index (χ1v) is 12.1. The Hall–Kier alpha value is -1.64. The summed E-state index contributed by atoms with van der Waals surface area (Å²) in [6.45, 7) is 2.39. The second-order valence-corrected chi connectivity index (χ2v) is 10.1. The Morgan fingerprint density at radius 2 is 1.69 bits per heavy atom. The lowest BCUT2D eigenvalue weighted by Gasteiger charge is -2.44. The maximum Gasteiger partial charge on any atom is 0.260 e. The Balaban J connectivity index is 1.34. The molecule has 0 bridgehead atoms. The third-order valence-electron chi connectivity index (χ3n) is 6.36. The Morgan fingerprint density at radius 3 is 2.45 bits per heavy atom. The summed E-state index contributed by atoms with van der Waals surface area (Å²) in [7, 11) is -3.52. The molecule has 0 N–H and O–H groups in total. The van der Waals surface area contributed by atoms with Crippen LogP contribution in [0.1, 0.15) is 38.5 Å². The number of carbonyl (C=O) groups is 1. The van der Waals surface area contributed by atoms with Crippen LogP contribution in [0.2, 0.25) is 0 Å². The zero-order chi connectivity index (χ0) is 20.3. The van der Waals surface area contributed by atoms with Gasteiger partial charge < -0.3 is 14.4 Å². The molecule has 2 saturated heterocycles. The van der Waals surface area contributed by atoms with Crippen molar-refractivity contribution in [1.82, 2.24) is 9.21 Å². The van der Waals surface area contributed by atoms with Gasteiger partial charge in [-0.1, -0.05) is 12.8 Å². The fourth-order valence-electron chi connectivity index (χ4n) is 4.81. The van der Waals surface area contributed by atoms with Gasteiger partial charge in [-0.25, -0.2) is 8.42 Å². The third kappa shape index (κ3) is 4.59. The lowest BCUT2D eigenvalue weighted by molar-refractivity contribution is -0.139. The maximum atomic E-state index is 12.7. The van der Waals surface area contributed by atoms with E-state index in [2.05, 4.69) is 0 Å². The summed E-state index contributed by atoms with van der Waals surface area (Å²) in [6.07, 6.45) is 7.11. The molecule has 160 valence electrons. The van der Waals surface area contributed by atoms with Crippen molar-refractivity contribution in [2.45, 2.75) is 49.5 Å². The highest BCUT2D eigenvalue weighted by atomic mass is 32.2. The van der Waals surface area contributed by atoms with Crippen LogP contribution >= 0.6 is 0 Å². The molecule has 2 aliphatic heterocycles. The second-order valence-electron chi connectivity index (χ2n) is 8.12. The molecule has 1 aromatic carbocycles. The van der Waals surface area contributed by atoms with Gasteiger partial charge in [-0.3, -0.25) is 4.79 Å². The summed E-state index contributed by atoms with van der Waals surface area (Å²) in [5.41, 5.74) is 0. The molecule has 1 saturated carbocycles. The number of carbonyl (C=O) groups excluding carboxylic acids is 1. The molecule has 3 fully saturated rings. The van der Waals surface area contributed by atoms with Gasteiger partial charge in [0.15, 0.2) is 6.61 Å². The first-order valence-electron chi connectivity index (χ1n) is 10.7. The van der Waals surface area contributed by atoms with Crippen LogP contribution in [0.4, 0.5) is 0 Å². The molecule has 8 heteroatoms. The van der Waals surface area contributed by atoms with Crippen molar-refractivity contribution in [3.8, 4) is 5.75 Å². The highest BCUT2D eigenvalue weighted by Crippen LogP contribution is 2.35. The molecular weight excluding hydrogens is 392 g/mol. The van der Waals surface area contributed by atoms with E-state index in [9.17, 15) is 13.2 Å². The summed E-state index contributed by atoms with van der Waals surface area (Å²) in [5, 5.41) is 0. The average Bonchev–Trinajstić information content (AvgIpc) is 2.78. The summed E-state index contributed by atoms with van der Waals surface area (Å²) in [4.78, 5) is 15.0. The molecule has 0 spiro atoms. The number of rotatable bonds is 5. The molecule has 3 aliphatic rings. The SMILES string of the molecule is O=C(COc1ccc(S(=O)(=O)N2CCOCC2)cc1)N1CCC[C@H]2CCCC[C@H]21. The predicted molar refractivity (Wildman–Crippen MR) is 108 cm³/mol. The van der Waals surface area contributed by atoms with Crippen LogP contribution < -0.4 is 4.74 Å². The van der Waals surface area contributed by atoms with E-state index in [-0.39, 0.29) is 17.4 Å². The Labute approximate surface area is 173 Å². The lowest BCUT2D eigenvalue weighted by Crippen LogP contribution is -2.51. The summed E-state index contributed by atoms with van der Waals surface area (Å²) >= 11 is 0. The number of sulfonamides is 1. The minimum Gasteiger partial charge on any atom is -0.484 e. The molecule has 2 heterocycles. The molecule has 0 unspecified atom stereocenters. The smallest absolute Gasteiger partial charge is 0.260 e. The number of likely N-dealkylation sites (tertiary alicyclic amines) is 1. The van der Waals surface area contributed by atoms with Crippen LogP contribution in [-0.4, -0.2) is 69.0 Å². The fourth-order valence-corrected chi connectivity index (χ4v) is 6.21. The van der Waals surface area contributed by atoms with Crippen molar-refractivity contribution >= 4 is 15.9 Å². The van der Waals surface area contributed by atoms with Crippen molar-refractivity contribution < 1.29 is 22.7 Å². The number of nitrogens with zero attached hydrogens (tertiary/aromatic N) is 2. The van der Waals surface area contributed by atoms with E-state index in [0.29, 0.717) is 44.0 Å². The number of hydrogen-bond donors (Lipinski definition) is 0. The molecule has 0 aromatic heterocycles. The Bertz CT molecular complexity index is 803. The van der Waals surface area contributed by atoms with Gasteiger partial charge in [0.25, 0.3) is 5.91 Å². The Morgan fingerprint density at radius 1 is 1.00 bits per heavy atom. The maximum absolute atomic E-state index is 12.7. The molecular formula is C21H30N2O5S. The number of ether oxygens (including phenoxy) is 2. The molecule has 4 rings (SSSR count). The molecule has 1 amide bonds.